The Morgan fingerprint density at radius 1 is 1.07 bits per heavy atom. The van der Waals surface area contributed by atoms with Gasteiger partial charge in [0.05, 0.1) is 29.4 Å². The number of thiophene rings is 1. The van der Waals surface area contributed by atoms with E-state index < -0.39 is 4.92 Å². The summed E-state index contributed by atoms with van der Waals surface area (Å²) in [6, 6.07) is 13.9. The van der Waals surface area contributed by atoms with Gasteiger partial charge in [0.25, 0.3) is 11.6 Å². The number of rotatable bonds is 7. The van der Waals surface area contributed by atoms with Gasteiger partial charge in [-0.05, 0) is 80.5 Å². The van der Waals surface area contributed by atoms with Crippen LogP contribution in [0, 0.1) is 24.0 Å². The molecule has 0 spiro atoms. The number of nitrogens with one attached hydrogen (secondary N) is 1. The molecule has 1 aliphatic carbocycles. The molecular weight excluding hydrogens is 526 g/mol. The molecule has 206 valence electrons. The number of amides is 1. The normalized spacial score (nSPS) is 13.5. The minimum absolute atomic E-state index is 0.0575. The summed E-state index contributed by atoms with van der Waals surface area (Å²) in [4.78, 5) is 30.5. The molecule has 8 nitrogen and oxygen atoms in total. The maximum Gasteiger partial charge on any atom is 0.270 e. The van der Waals surface area contributed by atoms with Gasteiger partial charge >= 0.3 is 0 Å². The number of furan rings is 1. The van der Waals surface area contributed by atoms with Crippen LogP contribution in [0.1, 0.15) is 63.4 Å². The van der Waals surface area contributed by atoms with E-state index in [0.29, 0.717) is 33.4 Å². The number of non-ortho nitro benzene ring substituents is 1. The monoisotopic (exact) mass is 557 g/mol. The Bertz CT molecular complexity index is 1600. The van der Waals surface area contributed by atoms with Gasteiger partial charge in [0.2, 0.25) is 0 Å². The van der Waals surface area contributed by atoms with E-state index >= 15 is 0 Å². The van der Waals surface area contributed by atoms with Crippen LogP contribution in [-0.2, 0) is 12.8 Å². The first-order chi connectivity index (χ1) is 19.3. The van der Waals surface area contributed by atoms with Crippen LogP contribution in [0.4, 0.5) is 16.4 Å². The van der Waals surface area contributed by atoms with E-state index in [4.69, 9.17) is 14.1 Å². The molecule has 1 amide bonds. The lowest BCUT2D eigenvalue weighted by Gasteiger charge is -2.13. The number of carbonyl (C=O) groups is 1. The van der Waals surface area contributed by atoms with Gasteiger partial charge in [0.1, 0.15) is 22.3 Å². The summed E-state index contributed by atoms with van der Waals surface area (Å²) in [5.74, 6) is 1.20. The number of benzene rings is 2. The van der Waals surface area contributed by atoms with Gasteiger partial charge in [-0.3, -0.25) is 14.9 Å². The van der Waals surface area contributed by atoms with E-state index in [1.165, 1.54) is 30.5 Å². The zero-order chi connectivity index (χ0) is 28.2. The van der Waals surface area contributed by atoms with Crippen molar-refractivity contribution in [3.05, 3.63) is 91.5 Å². The Hall–Kier alpha value is -4.24. The van der Waals surface area contributed by atoms with Crippen molar-refractivity contribution in [2.75, 3.05) is 12.4 Å². The second kappa shape index (κ2) is 11.9. The summed E-state index contributed by atoms with van der Waals surface area (Å²) in [5, 5.41) is 15.1. The third kappa shape index (κ3) is 5.84. The first-order valence-corrected chi connectivity index (χ1v) is 14.2. The Kier molecular flexibility index (Phi) is 8.11. The summed E-state index contributed by atoms with van der Waals surface area (Å²) in [6.07, 6.45) is 7.88. The number of hydrogen-bond acceptors (Lipinski definition) is 7. The van der Waals surface area contributed by atoms with Gasteiger partial charge < -0.3 is 14.5 Å². The quantitative estimate of drug-likeness (QED) is 0.140. The summed E-state index contributed by atoms with van der Waals surface area (Å²) in [6.45, 7) is 3.99. The number of nitro benzene ring substituents is 1. The molecule has 1 N–H and O–H groups in total. The van der Waals surface area contributed by atoms with E-state index in [1.807, 2.05) is 32.0 Å². The van der Waals surface area contributed by atoms with Gasteiger partial charge in [0, 0.05) is 22.7 Å². The predicted molar refractivity (Wildman–Crippen MR) is 159 cm³/mol. The molecule has 5 rings (SSSR count). The Balaban J connectivity index is 1.49. The summed E-state index contributed by atoms with van der Waals surface area (Å²) >= 11 is 1.57. The van der Waals surface area contributed by atoms with Crippen LogP contribution >= 0.6 is 11.3 Å². The molecule has 0 fully saturated rings. The molecule has 1 aliphatic rings. The largest absolute Gasteiger partial charge is 0.496 e. The van der Waals surface area contributed by atoms with E-state index in [-0.39, 0.29) is 11.6 Å². The second-order valence-corrected chi connectivity index (χ2v) is 11.1. The second-order valence-electron chi connectivity index (χ2n) is 9.97. The average Bonchev–Trinajstić information content (AvgIpc) is 3.53. The maximum absolute atomic E-state index is 13.7. The molecule has 40 heavy (non-hydrogen) atoms. The van der Waals surface area contributed by atoms with Crippen molar-refractivity contribution in [1.29, 1.82) is 0 Å². The van der Waals surface area contributed by atoms with Crippen molar-refractivity contribution < 1.29 is 18.9 Å². The van der Waals surface area contributed by atoms with Crippen LogP contribution in [0.2, 0.25) is 0 Å². The van der Waals surface area contributed by atoms with Crippen LogP contribution in [0.5, 0.6) is 5.75 Å². The number of fused-ring (bicyclic) bond motifs is 1. The van der Waals surface area contributed by atoms with Crippen molar-refractivity contribution in [2.24, 2.45) is 4.99 Å². The highest BCUT2D eigenvalue weighted by Gasteiger charge is 2.25. The summed E-state index contributed by atoms with van der Waals surface area (Å²) in [7, 11) is 1.50. The Morgan fingerprint density at radius 2 is 1.88 bits per heavy atom. The number of hydrogen-bond donors (Lipinski definition) is 1. The zero-order valence-electron chi connectivity index (χ0n) is 22.8. The molecule has 0 aliphatic heterocycles. The third-order valence-corrected chi connectivity index (χ3v) is 8.32. The number of carbonyl (C=O) groups excluding carboxylic acids is 1. The van der Waals surface area contributed by atoms with Gasteiger partial charge in [-0.25, -0.2) is 4.99 Å². The third-order valence-electron chi connectivity index (χ3n) is 7.12. The minimum Gasteiger partial charge on any atom is -0.496 e. The molecule has 0 atom stereocenters. The fourth-order valence-electron chi connectivity index (χ4n) is 4.98. The van der Waals surface area contributed by atoms with E-state index in [0.717, 1.165) is 54.5 Å². The topological polar surface area (TPSA) is 107 Å². The van der Waals surface area contributed by atoms with Gasteiger partial charge in [0.15, 0.2) is 0 Å². The molecule has 0 saturated carbocycles. The molecule has 0 saturated heterocycles. The fourth-order valence-corrected chi connectivity index (χ4v) is 6.21. The van der Waals surface area contributed by atoms with Crippen LogP contribution in [-0.4, -0.2) is 24.2 Å². The highest BCUT2D eigenvalue weighted by atomic mass is 32.1. The van der Waals surface area contributed by atoms with Crippen molar-refractivity contribution in [1.82, 2.24) is 0 Å². The highest BCUT2D eigenvalue weighted by molar-refractivity contribution is 7.16. The SMILES string of the molecule is COc1ccc([N+](=O)[O-])cc1-c1ccc(C=Nc2sc3c(c2C(=O)Nc2cc(C)ccc2C)CCCCCC3)o1. The smallest absolute Gasteiger partial charge is 0.270 e. The van der Waals surface area contributed by atoms with Crippen LogP contribution in [0.15, 0.2) is 57.9 Å². The minimum atomic E-state index is -0.456. The first-order valence-electron chi connectivity index (χ1n) is 13.3. The number of methoxy groups -OCH3 is 1. The number of nitrogens with zero attached hydrogens (tertiary/aromatic N) is 2. The van der Waals surface area contributed by atoms with Crippen molar-refractivity contribution in [2.45, 2.75) is 52.4 Å². The highest BCUT2D eigenvalue weighted by Crippen LogP contribution is 2.40. The van der Waals surface area contributed by atoms with E-state index in [9.17, 15) is 14.9 Å². The number of aryl methyl sites for hydroxylation is 3. The van der Waals surface area contributed by atoms with E-state index in [1.54, 1.807) is 35.8 Å². The molecular formula is C31H31N3O5S. The molecule has 2 aromatic heterocycles. The lowest BCUT2D eigenvalue weighted by molar-refractivity contribution is -0.384. The van der Waals surface area contributed by atoms with E-state index in [2.05, 4.69) is 5.32 Å². The number of anilines is 1. The predicted octanol–water partition coefficient (Wildman–Crippen LogP) is 8.20. The lowest BCUT2D eigenvalue weighted by atomic mass is 9.96. The number of aliphatic imine (C=N–C) groups is 1. The summed E-state index contributed by atoms with van der Waals surface area (Å²) in [5.41, 5.74) is 5.03. The standard InChI is InChI=1S/C31H31N3O5S/c1-19-10-11-20(2)25(16-19)33-30(35)29-23-8-6-4-5-7-9-28(23)40-31(29)32-18-22-13-15-27(39-22)24-17-21(34(36)37)12-14-26(24)38-3/h10-18H,4-9H2,1-3H3,(H,33,35). The first kappa shape index (κ1) is 27.3. The number of nitro groups is 1. The van der Waals surface area contributed by atoms with Crippen LogP contribution in [0.25, 0.3) is 11.3 Å². The molecule has 2 aromatic carbocycles. The van der Waals surface area contributed by atoms with Crippen molar-refractivity contribution in [3.63, 3.8) is 0 Å². The molecule has 0 bridgehead atoms. The number of ether oxygens (including phenoxy) is 1. The Labute approximate surface area is 236 Å². The summed E-state index contributed by atoms with van der Waals surface area (Å²) < 4.78 is 11.4. The van der Waals surface area contributed by atoms with Crippen molar-refractivity contribution in [3.8, 4) is 17.1 Å². The van der Waals surface area contributed by atoms with Gasteiger partial charge in [-0.1, -0.05) is 25.0 Å². The van der Waals surface area contributed by atoms with Crippen LogP contribution in [0.3, 0.4) is 0 Å². The maximum atomic E-state index is 13.7. The molecule has 9 heteroatoms. The molecule has 0 unspecified atom stereocenters. The fraction of sp³-hybridized carbons (Fsp3) is 0.290. The zero-order valence-corrected chi connectivity index (χ0v) is 23.6. The molecule has 4 aromatic rings. The van der Waals surface area contributed by atoms with Gasteiger partial charge in [-0.15, -0.1) is 11.3 Å². The molecule has 0 radical (unpaired) electrons. The lowest BCUT2D eigenvalue weighted by Crippen LogP contribution is -2.15. The molecule has 2 heterocycles. The Morgan fingerprint density at radius 3 is 2.65 bits per heavy atom. The van der Waals surface area contributed by atoms with Crippen molar-refractivity contribution >= 4 is 39.8 Å². The average molecular weight is 558 g/mol. The van der Waals surface area contributed by atoms with Gasteiger partial charge in [-0.2, -0.15) is 0 Å². The van der Waals surface area contributed by atoms with Crippen LogP contribution < -0.4 is 10.1 Å².